The summed E-state index contributed by atoms with van der Waals surface area (Å²) < 4.78 is 28.3. The largest absolute Gasteiger partial charge is 0.330 e. The van der Waals surface area contributed by atoms with Gasteiger partial charge in [0.1, 0.15) is 5.01 Å². The average Bonchev–Trinajstić information content (AvgIpc) is 2.90. The first-order chi connectivity index (χ1) is 8.62. The van der Waals surface area contributed by atoms with Crippen molar-refractivity contribution in [3.05, 3.63) is 16.6 Å². The van der Waals surface area contributed by atoms with Crippen LogP contribution in [0.1, 0.15) is 17.8 Å². The van der Waals surface area contributed by atoms with Gasteiger partial charge >= 0.3 is 0 Å². The van der Waals surface area contributed by atoms with Crippen LogP contribution in [0.15, 0.2) is 11.6 Å². The van der Waals surface area contributed by atoms with E-state index in [4.69, 9.17) is 5.73 Å². The van der Waals surface area contributed by atoms with E-state index >= 15 is 0 Å². The van der Waals surface area contributed by atoms with Gasteiger partial charge in [-0.2, -0.15) is 17.4 Å². The van der Waals surface area contributed by atoms with E-state index in [0.717, 1.165) is 17.8 Å². The first kappa shape index (κ1) is 13.9. The Kier molecular flexibility index (Phi) is 4.68. The van der Waals surface area contributed by atoms with E-state index in [9.17, 15) is 8.42 Å². The van der Waals surface area contributed by atoms with Gasteiger partial charge in [0.05, 0.1) is 6.54 Å². The molecular weight excluding hydrogens is 272 g/mol. The zero-order valence-corrected chi connectivity index (χ0v) is 11.7. The minimum absolute atomic E-state index is 0.254. The topological polar surface area (TPSA) is 88.3 Å². The molecule has 1 saturated heterocycles. The van der Waals surface area contributed by atoms with E-state index < -0.39 is 10.2 Å². The number of thiazole rings is 1. The molecule has 6 nitrogen and oxygen atoms in total. The Labute approximate surface area is 111 Å². The van der Waals surface area contributed by atoms with E-state index in [1.165, 1.54) is 15.6 Å². The van der Waals surface area contributed by atoms with Gasteiger partial charge in [-0.05, 0) is 25.3 Å². The second kappa shape index (κ2) is 6.07. The maximum absolute atomic E-state index is 12.1. The molecule has 0 saturated carbocycles. The van der Waals surface area contributed by atoms with Crippen molar-refractivity contribution in [2.45, 2.75) is 19.4 Å². The first-order valence-electron chi connectivity index (χ1n) is 5.95. The summed E-state index contributed by atoms with van der Waals surface area (Å²) in [7, 11) is -3.41. The first-order valence-corrected chi connectivity index (χ1v) is 8.27. The van der Waals surface area contributed by atoms with Crippen molar-refractivity contribution in [1.29, 1.82) is 0 Å². The Morgan fingerprint density at radius 3 is 3.11 bits per heavy atom. The summed E-state index contributed by atoms with van der Waals surface area (Å²) in [5, 5.41) is 2.60. The van der Waals surface area contributed by atoms with Crippen LogP contribution in [-0.4, -0.2) is 37.3 Å². The lowest BCUT2D eigenvalue weighted by Gasteiger charge is -2.31. The fourth-order valence-electron chi connectivity index (χ4n) is 2.02. The molecule has 0 bridgehead atoms. The lowest BCUT2D eigenvalue weighted by atomic mass is 10.0. The zero-order chi connectivity index (χ0) is 13.0. The maximum Gasteiger partial charge on any atom is 0.279 e. The molecule has 2 heterocycles. The van der Waals surface area contributed by atoms with Crippen LogP contribution >= 0.6 is 11.3 Å². The number of hydrogen-bond acceptors (Lipinski definition) is 5. The molecule has 18 heavy (non-hydrogen) atoms. The summed E-state index contributed by atoms with van der Waals surface area (Å²) in [6.07, 6.45) is 3.55. The smallest absolute Gasteiger partial charge is 0.279 e. The minimum Gasteiger partial charge on any atom is -0.330 e. The van der Waals surface area contributed by atoms with Crippen LogP contribution < -0.4 is 10.5 Å². The van der Waals surface area contributed by atoms with Crippen molar-refractivity contribution in [3.63, 3.8) is 0 Å². The van der Waals surface area contributed by atoms with Gasteiger partial charge in [-0.3, -0.25) is 0 Å². The fourth-order valence-corrected chi connectivity index (χ4v) is 3.95. The molecule has 0 radical (unpaired) electrons. The highest BCUT2D eigenvalue weighted by Gasteiger charge is 2.27. The molecule has 0 aromatic carbocycles. The summed E-state index contributed by atoms with van der Waals surface area (Å²) in [4.78, 5) is 4.05. The molecule has 1 aromatic heterocycles. The molecule has 1 unspecified atom stereocenters. The quantitative estimate of drug-likeness (QED) is 0.808. The Balaban J connectivity index is 1.93. The Hall–Kier alpha value is -0.540. The Morgan fingerprint density at radius 1 is 1.61 bits per heavy atom. The van der Waals surface area contributed by atoms with Crippen molar-refractivity contribution in [3.8, 4) is 0 Å². The Morgan fingerprint density at radius 2 is 2.44 bits per heavy atom. The molecule has 1 fully saturated rings. The third-order valence-electron chi connectivity index (χ3n) is 3.04. The number of nitrogens with two attached hydrogens (primary N) is 1. The SMILES string of the molecule is NCC1CCCN(S(=O)(=O)NCc2nccs2)C1. The molecule has 1 atom stereocenters. The highest BCUT2D eigenvalue weighted by atomic mass is 32.2. The average molecular weight is 290 g/mol. The van der Waals surface area contributed by atoms with Gasteiger partial charge in [-0.15, -0.1) is 11.3 Å². The third kappa shape index (κ3) is 3.48. The fraction of sp³-hybridized carbons (Fsp3) is 0.700. The van der Waals surface area contributed by atoms with Gasteiger partial charge in [0, 0.05) is 24.7 Å². The summed E-state index contributed by atoms with van der Waals surface area (Å²) in [6, 6.07) is 0. The lowest BCUT2D eigenvalue weighted by Crippen LogP contribution is -2.47. The zero-order valence-electron chi connectivity index (χ0n) is 10.1. The number of rotatable bonds is 5. The molecule has 0 aliphatic carbocycles. The summed E-state index contributed by atoms with van der Waals surface area (Å²) in [5.41, 5.74) is 5.61. The van der Waals surface area contributed by atoms with Crippen LogP contribution in [-0.2, 0) is 16.8 Å². The number of hydrogen-bond donors (Lipinski definition) is 2. The monoisotopic (exact) mass is 290 g/mol. The normalized spacial score (nSPS) is 22.2. The van der Waals surface area contributed by atoms with E-state index in [2.05, 4.69) is 9.71 Å². The van der Waals surface area contributed by atoms with E-state index in [1.54, 1.807) is 6.20 Å². The van der Waals surface area contributed by atoms with E-state index in [0.29, 0.717) is 19.6 Å². The predicted molar refractivity (Wildman–Crippen MR) is 71.2 cm³/mol. The van der Waals surface area contributed by atoms with Crippen LogP contribution in [0.4, 0.5) is 0 Å². The molecule has 2 rings (SSSR count). The minimum atomic E-state index is -3.41. The van der Waals surface area contributed by atoms with Crippen LogP contribution in [0, 0.1) is 5.92 Å². The number of piperidine rings is 1. The molecule has 3 N–H and O–H groups in total. The summed E-state index contributed by atoms with van der Waals surface area (Å²) >= 11 is 1.44. The van der Waals surface area contributed by atoms with Crippen LogP contribution in [0.2, 0.25) is 0 Å². The van der Waals surface area contributed by atoms with Crippen molar-refractivity contribution in [2.75, 3.05) is 19.6 Å². The van der Waals surface area contributed by atoms with Gasteiger partial charge < -0.3 is 5.73 Å². The lowest BCUT2D eigenvalue weighted by molar-refractivity contribution is 0.268. The van der Waals surface area contributed by atoms with Gasteiger partial charge in [0.2, 0.25) is 0 Å². The maximum atomic E-state index is 12.1. The molecule has 0 spiro atoms. The van der Waals surface area contributed by atoms with Crippen LogP contribution in [0.5, 0.6) is 0 Å². The highest BCUT2D eigenvalue weighted by Crippen LogP contribution is 2.17. The van der Waals surface area contributed by atoms with Gasteiger partial charge in [-0.1, -0.05) is 0 Å². The molecule has 1 aliphatic heterocycles. The number of nitrogens with one attached hydrogen (secondary N) is 1. The number of aromatic nitrogens is 1. The molecular formula is C10H18N4O2S2. The van der Waals surface area contributed by atoms with E-state index in [1.807, 2.05) is 5.38 Å². The van der Waals surface area contributed by atoms with Crippen molar-refractivity contribution >= 4 is 21.5 Å². The standard InChI is InChI=1S/C10H18N4O2S2/c11-6-9-2-1-4-14(8-9)18(15,16)13-7-10-12-3-5-17-10/h3,5,9,13H,1-2,4,6-8,11H2. The molecule has 8 heteroatoms. The molecule has 0 amide bonds. The highest BCUT2D eigenvalue weighted by molar-refractivity contribution is 7.87. The van der Waals surface area contributed by atoms with Gasteiger partial charge in [0.15, 0.2) is 0 Å². The molecule has 102 valence electrons. The van der Waals surface area contributed by atoms with Gasteiger partial charge in [0.25, 0.3) is 10.2 Å². The van der Waals surface area contributed by atoms with Crippen LogP contribution in [0.3, 0.4) is 0 Å². The van der Waals surface area contributed by atoms with E-state index in [-0.39, 0.29) is 12.5 Å². The van der Waals surface area contributed by atoms with Crippen molar-refractivity contribution in [1.82, 2.24) is 14.0 Å². The van der Waals surface area contributed by atoms with Crippen LogP contribution in [0.25, 0.3) is 0 Å². The van der Waals surface area contributed by atoms with Crippen molar-refractivity contribution < 1.29 is 8.42 Å². The van der Waals surface area contributed by atoms with Crippen molar-refractivity contribution in [2.24, 2.45) is 11.7 Å². The Bertz CT molecular complexity index is 460. The third-order valence-corrected chi connectivity index (χ3v) is 5.34. The second-order valence-corrected chi connectivity index (χ2v) is 7.09. The predicted octanol–water partition coefficient (Wildman–Crippen LogP) is 0.148. The second-order valence-electron chi connectivity index (χ2n) is 4.35. The number of nitrogens with zero attached hydrogens (tertiary/aromatic N) is 2. The van der Waals surface area contributed by atoms with Gasteiger partial charge in [-0.25, -0.2) is 4.98 Å². The molecule has 1 aliphatic rings. The summed E-state index contributed by atoms with van der Waals surface area (Å²) in [6.45, 7) is 1.88. The molecule has 1 aromatic rings. The summed E-state index contributed by atoms with van der Waals surface area (Å²) in [5.74, 6) is 0.273.